The number of sulfonamides is 1. The van der Waals surface area contributed by atoms with Gasteiger partial charge in [-0.3, -0.25) is 0 Å². The summed E-state index contributed by atoms with van der Waals surface area (Å²) in [5, 5.41) is 0. The molecule has 0 atom stereocenters. The Morgan fingerprint density at radius 1 is 1.05 bits per heavy atom. The zero-order chi connectivity index (χ0) is 16.0. The van der Waals surface area contributed by atoms with Crippen LogP contribution in [0.25, 0.3) is 6.08 Å². The highest BCUT2D eigenvalue weighted by Gasteiger charge is 2.11. The van der Waals surface area contributed by atoms with Gasteiger partial charge in [-0.1, -0.05) is 42.0 Å². The molecular formula is C17H19NO3S. The molecule has 0 amide bonds. The summed E-state index contributed by atoms with van der Waals surface area (Å²) in [4.78, 5) is 0.274. The zero-order valence-corrected chi connectivity index (χ0v) is 13.4. The van der Waals surface area contributed by atoms with Crippen LogP contribution in [0.1, 0.15) is 11.1 Å². The Kier molecular flexibility index (Phi) is 5.35. The summed E-state index contributed by atoms with van der Waals surface area (Å²) in [5.41, 5.74) is 2.01. The van der Waals surface area contributed by atoms with Crippen LogP contribution in [0.4, 0.5) is 0 Å². The van der Waals surface area contributed by atoms with Crippen LogP contribution in [0.3, 0.4) is 0 Å². The summed E-state index contributed by atoms with van der Waals surface area (Å²) < 4.78 is 31.8. The van der Waals surface area contributed by atoms with Gasteiger partial charge in [0.2, 0.25) is 10.0 Å². The van der Waals surface area contributed by atoms with E-state index in [2.05, 4.69) is 4.72 Å². The predicted octanol–water partition coefficient (Wildman–Crippen LogP) is 3.00. The number of hydrogen-bond acceptors (Lipinski definition) is 3. The van der Waals surface area contributed by atoms with E-state index in [1.807, 2.05) is 37.3 Å². The largest absolute Gasteiger partial charge is 0.497 e. The molecule has 0 aliphatic heterocycles. The van der Waals surface area contributed by atoms with Crippen LogP contribution in [0.15, 0.2) is 59.5 Å². The molecule has 0 aliphatic carbocycles. The molecule has 0 heterocycles. The van der Waals surface area contributed by atoms with E-state index in [1.165, 1.54) is 0 Å². The second-order valence-electron chi connectivity index (χ2n) is 4.84. The molecule has 0 bridgehead atoms. The number of methoxy groups -OCH3 is 1. The molecule has 2 aromatic rings. The van der Waals surface area contributed by atoms with Gasteiger partial charge in [-0.25, -0.2) is 13.1 Å². The molecule has 0 unspecified atom stereocenters. The first-order valence-electron chi connectivity index (χ1n) is 6.88. The smallest absolute Gasteiger partial charge is 0.240 e. The van der Waals surface area contributed by atoms with Crippen LogP contribution in [0.2, 0.25) is 0 Å². The first kappa shape index (κ1) is 16.3. The van der Waals surface area contributed by atoms with Gasteiger partial charge in [0.05, 0.1) is 12.0 Å². The number of ether oxygens (including phenoxy) is 1. The zero-order valence-electron chi connectivity index (χ0n) is 12.6. The molecule has 0 spiro atoms. The fourth-order valence-corrected chi connectivity index (χ4v) is 2.85. The van der Waals surface area contributed by atoms with E-state index in [0.29, 0.717) is 0 Å². The average molecular weight is 317 g/mol. The number of rotatable bonds is 6. The highest BCUT2D eigenvalue weighted by atomic mass is 32.2. The summed E-state index contributed by atoms with van der Waals surface area (Å²) in [5.74, 6) is 0.789. The van der Waals surface area contributed by atoms with Crippen LogP contribution in [0, 0.1) is 6.92 Å². The molecule has 5 heteroatoms. The molecule has 0 aromatic heterocycles. The first-order valence-corrected chi connectivity index (χ1v) is 8.36. The van der Waals surface area contributed by atoms with Crippen molar-refractivity contribution < 1.29 is 13.2 Å². The molecule has 0 saturated heterocycles. The van der Waals surface area contributed by atoms with Crippen molar-refractivity contribution in [3.05, 3.63) is 65.7 Å². The Morgan fingerprint density at radius 2 is 1.68 bits per heavy atom. The third-order valence-corrected chi connectivity index (χ3v) is 4.59. The van der Waals surface area contributed by atoms with Crippen LogP contribution >= 0.6 is 0 Å². The van der Waals surface area contributed by atoms with Gasteiger partial charge in [-0.15, -0.1) is 0 Å². The van der Waals surface area contributed by atoms with Crippen molar-refractivity contribution in [1.29, 1.82) is 0 Å². The van der Waals surface area contributed by atoms with Gasteiger partial charge in [-0.05, 0) is 36.8 Å². The molecule has 1 N–H and O–H groups in total. The van der Waals surface area contributed by atoms with E-state index in [9.17, 15) is 8.42 Å². The van der Waals surface area contributed by atoms with E-state index in [-0.39, 0.29) is 11.4 Å². The van der Waals surface area contributed by atoms with Crippen molar-refractivity contribution in [3.63, 3.8) is 0 Å². The Balaban J connectivity index is 1.94. The Labute approximate surface area is 131 Å². The maximum absolute atomic E-state index is 12.1. The van der Waals surface area contributed by atoms with Gasteiger partial charge in [0.15, 0.2) is 0 Å². The van der Waals surface area contributed by atoms with Crippen LogP contribution in [0.5, 0.6) is 5.75 Å². The summed E-state index contributed by atoms with van der Waals surface area (Å²) in [7, 11) is -1.85. The van der Waals surface area contributed by atoms with Gasteiger partial charge in [0.1, 0.15) is 5.75 Å². The lowest BCUT2D eigenvalue weighted by Gasteiger charge is -2.05. The molecule has 0 saturated carbocycles. The molecule has 0 fully saturated rings. The van der Waals surface area contributed by atoms with Gasteiger partial charge < -0.3 is 4.74 Å². The van der Waals surface area contributed by atoms with E-state index >= 15 is 0 Å². The van der Waals surface area contributed by atoms with Crippen molar-refractivity contribution in [3.8, 4) is 5.75 Å². The van der Waals surface area contributed by atoms with E-state index in [0.717, 1.165) is 16.9 Å². The first-order chi connectivity index (χ1) is 10.5. The van der Waals surface area contributed by atoms with E-state index in [1.54, 1.807) is 37.5 Å². The second kappa shape index (κ2) is 7.24. The molecule has 0 aliphatic rings. The minimum Gasteiger partial charge on any atom is -0.497 e. The van der Waals surface area contributed by atoms with Crippen LogP contribution in [-0.2, 0) is 10.0 Å². The van der Waals surface area contributed by atoms with E-state index in [4.69, 9.17) is 4.74 Å². The molecule has 2 rings (SSSR count). The summed E-state index contributed by atoms with van der Waals surface area (Å²) in [6.07, 6.45) is 3.63. The standard InChI is InChI=1S/C17H19NO3S/c1-14-5-11-17(12-6-14)22(19,20)18-13-3-4-15-7-9-16(21-2)10-8-15/h3-12,18H,13H2,1-2H3/b4-3-. The third kappa shape index (κ3) is 4.44. The summed E-state index contributed by atoms with van der Waals surface area (Å²) in [6.45, 7) is 2.16. The lowest BCUT2D eigenvalue weighted by atomic mass is 10.2. The highest BCUT2D eigenvalue weighted by molar-refractivity contribution is 7.89. The minimum absolute atomic E-state index is 0.238. The Bertz CT molecular complexity index is 732. The van der Waals surface area contributed by atoms with Crippen LogP contribution < -0.4 is 9.46 Å². The van der Waals surface area contributed by atoms with Crippen molar-refractivity contribution in [2.75, 3.05) is 13.7 Å². The highest BCUT2D eigenvalue weighted by Crippen LogP contribution is 2.12. The number of hydrogen-bond donors (Lipinski definition) is 1. The van der Waals surface area contributed by atoms with Gasteiger partial charge in [0.25, 0.3) is 0 Å². The number of aryl methyl sites for hydroxylation is 1. The number of benzene rings is 2. The minimum atomic E-state index is -3.46. The quantitative estimate of drug-likeness (QED) is 0.891. The fourth-order valence-electron chi connectivity index (χ4n) is 1.87. The molecule has 0 radical (unpaired) electrons. The number of nitrogens with one attached hydrogen (secondary N) is 1. The fraction of sp³-hybridized carbons (Fsp3) is 0.176. The average Bonchev–Trinajstić information content (AvgIpc) is 2.52. The summed E-state index contributed by atoms with van der Waals surface area (Å²) in [6, 6.07) is 14.3. The van der Waals surface area contributed by atoms with Gasteiger partial charge in [0, 0.05) is 6.54 Å². The normalized spacial score (nSPS) is 11.7. The Hall–Kier alpha value is -2.11. The molecule has 116 valence electrons. The second-order valence-corrected chi connectivity index (χ2v) is 6.61. The van der Waals surface area contributed by atoms with Crippen molar-refractivity contribution in [1.82, 2.24) is 4.72 Å². The Morgan fingerprint density at radius 3 is 2.27 bits per heavy atom. The third-order valence-electron chi connectivity index (χ3n) is 3.15. The molecule has 22 heavy (non-hydrogen) atoms. The summed E-state index contributed by atoms with van der Waals surface area (Å²) >= 11 is 0. The molecule has 2 aromatic carbocycles. The van der Waals surface area contributed by atoms with Crippen molar-refractivity contribution in [2.24, 2.45) is 0 Å². The van der Waals surface area contributed by atoms with Gasteiger partial charge in [-0.2, -0.15) is 0 Å². The molecular weight excluding hydrogens is 298 g/mol. The predicted molar refractivity (Wildman–Crippen MR) is 88.4 cm³/mol. The monoisotopic (exact) mass is 317 g/mol. The van der Waals surface area contributed by atoms with Gasteiger partial charge >= 0.3 is 0 Å². The van der Waals surface area contributed by atoms with Crippen molar-refractivity contribution >= 4 is 16.1 Å². The SMILES string of the molecule is COc1ccc(/C=C\CNS(=O)(=O)c2ccc(C)cc2)cc1. The van der Waals surface area contributed by atoms with E-state index < -0.39 is 10.0 Å². The van der Waals surface area contributed by atoms with Crippen molar-refractivity contribution in [2.45, 2.75) is 11.8 Å². The topological polar surface area (TPSA) is 55.4 Å². The lowest BCUT2D eigenvalue weighted by molar-refractivity contribution is 0.415. The molecule has 4 nitrogen and oxygen atoms in total. The maximum atomic E-state index is 12.1. The maximum Gasteiger partial charge on any atom is 0.240 e. The lowest BCUT2D eigenvalue weighted by Crippen LogP contribution is -2.23. The van der Waals surface area contributed by atoms with Crippen LogP contribution in [-0.4, -0.2) is 22.1 Å².